The summed E-state index contributed by atoms with van der Waals surface area (Å²) in [7, 11) is 0. The standard InChI is InChI=1S/C19H12N2O3S/c20-10-13(18-21-14-7-3-4-8-16(14)25-18)17(22)15-9-11-5-1-2-6-12(11)19(23)24-15/h1-8,15,22H,9H2. The van der Waals surface area contributed by atoms with Gasteiger partial charge in [0.1, 0.15) is 16.6 Å². The number of aliphatic hydroxyl groups excluding tert-OH is 1. The van der Waals surface area contributed by atoms with Gasteiger partial charge in [0.05, 0.1) is 15.8 Å². The van der Waals surface area contributed by atoms with Crippen LogP contribution in [0.25, 0.3) is 15.8 Å². The van der Waals surface area contributed by atoms with Crippen LogP contribution < -0.4 is 0 Å². The number of para-hydroxylation sites is 1. The molecule has 2 aromatic carbocycles. The molecule has 25 heavy (non-hydrogen) atoms. The van der Waals surface area contributed by atoms with E-state index in [1.807, 2.05) is 42.5 Å². The molecule has 0 saturated heterocycles. The molecule has 1 unspecified atom stereocenters. The van der Waals surface area contributed by atoms with E-state index in [-0.39, 0.29) is 11.3 Å². The highest BCUT2D eigenvalue weighted by atomic mass is 32.1. The monoisotopic (exact) mass is 348 g/mol. The zero-order valence-corrected chi connectivity index (χ0v) is 13.8. The molecule has 0 bridgehead atoms. The molecule has 3 aromatic rings. The maximum Gasteiger partial charge on any atom is 0.339 e. The van der Waals surface area contributed by atoms with Crippen molar-refractivity contribution >= 4 is 33.1 Å². The van der Waals surface area contributed by atoms with Crippen molar-refractivity contribution in [3.8, 4) is 6.07 Å². The number of esters is 1. The molecular weight excluding hydrogens is 336 g/mol. The lowest BCUT2D eigenvalue weighted by molar-refractivity contribution is 0.0251. The van der Waals surface area contributed by atoms with Crippen LogP contribution >= 0.6 is 11.3 Å². The number of carbonyl (C=O) groups excluding carboxylic acids is 1. The van der Waals surface area contributed by atoms with Crippen LogP contribution in [0.2, 0.25) is 0 Å². The maximum absolute atomic E-state index is 12.1. The Morgan fingerprint density at radius 2 is 2.00 bits per heavy atom. The summed E-state index contributed by atoms with van der Waals surface area (Å²) >= 11 is 1.32. The highest BCUT2D eigenvalue weighted by molar-refractivity contribution is 7.19. The summed E-state index contributed by atoms with van der Waals surface area (Å²) in [4.78, 5) is 16.5. The van der Waals surface area contributed by atoms with Crippen LogP contribution in [-0.2, 0) is 11.2 Å². The van der Waals surface area contributed by atoms with E-state index in [0.717, 1.165) is 15.8 Å². The Morgan fingerprint density at radius 3 is 2.80 bits per heavy atom. The number of rotatable bonds is 2. The number of thiazole rings is 1. The molecule has 0 saturated carbocycles. The van der Waals surface area contributed by atoms with Crippen LogP contribution in [0, 0.1) is 11.3 Å². The molecule has 5 nitrogen and oxygen atoms in total. The first-order valence-electron chi connectivity index (χ1n) is 7.65. The first-order chi connectivity index (χ1) is 12.2. The second-order valence-electron chi connectivity index (χ2n) is 5.61. The Bertz CT molecular complexity index is 1030. The highest BCUT2D eigenvalue weighted by Crippen LogP contribution is 2.31. The Labute approximate surface area is 147 Å². The number of allylic oxidation sites excluding steroid dienone is 1. The van der Waals surface area contributed by atoms with Gasteiger partial charge in [-0.25, -0.2) is 9.78 Å². The lowest BCUT2D eigenvalue weighted by atomic mass is 9.96. The minimum atomic E-state index is -0.885. The van der Waals surface area contributed by atoms with Crippen LogP contribution in [0.5, 0.6) is 0 Å². The first kappa shape index (κ1) is 15.4. The molecular formula is C19H12N2O3S. The van der Waals surface area contributed by atoms with Crippen LogP contribution in [0.3, 0.4) is 0 Å². The lowest BCUT2D eigenvalue weighted by Crippen LogP contribution is -2.29. The van der Waals surface area contributed by atoms with Crippen molar-refractivity contribution in [2.24, 2.45) is 0 Å². The van der Waals surface area contributed by atoms with Gasteiger partial charge in [0.2, 0.25) is 0 Å². The molecule has 0 fully saturated rings. The molecule has 1 aromatic heterocycles. The van der Waals surface area contributed by atoms with E-state index in [9.17, 15) is 15.2 Å². The van der Waals surface area contributed by atoms with Gasteiger partial charge in [0, 0.05) is 6.42 Å². The number of aliphatic hydroxyl groups is 1. The quantitative estimate of drug-likeness (QED) is 0.432. The number of nitriles is 1. The second-order valence-corrected chi connectivity index (χ2v) is 6.64. The fourth-order valence-electron chi connectivity index (χ4n) is 2.84. The topological polar surface area (TPSA) is 83.2 Å². The van der Waals surface area contributed by atoms with Crippen molar-refractivity contribution in [2.45, 2.75) is 12.5 Å². The number of ether oxygens (including phenoxy) is 1. The van der Waals surface area contributed by atoms with Crippen molar-refractivity contribution in [3.63, 3.8) is 0 Å². The van der Waals surface area contributed by atoms with E-state index in [1.165, 1.54) is 11.3 Å². The van der Waals surface area contributed by atoms with Gasteiger partial charge in [0.15, 0.2) is 11.9 Å². The van der Waals surface area contributed by atoms with Crippen molar-refractivity contribution in [2.75, 3.05) is 0 Å². The largest absolute Gasteiger partial charge is 0.507 e. The molecule has 0 radical (unpaired) electrons. The molecule has 2 heterocycles. The number of carbonyl (C=O) groups is 1. The molecule has 6 heteroatoms. The van der Waals surface area contributed by atoms with E-state index in [2.05, 4.69) is 4.98 Å². The molecule has 0 amide bonds. The fourth-order valence-corrected chi connectivity index (χ4v) is 3.81. The molecule has 0 spiro atoms. The van der Waals surface area contributed by atoms with E-state index in [1.54, 1.807) is 12.1 Å². The van der Waals surface area contributed by atoms with Crippen LogP contribution in [0.1, 0.15) is 20.9 Å². The fraction of sp³-hybridized carbons (Fsp3) is 0.105. The van der Waals surface area contributed by atoms with E-state index >= 15 is 0 Å². The summed E-state index contributed by atoms with van der Waals surface area (Å²) in [6.07, 6.45) is -0.562. The number of hydrogen-bond donors (Lipinski definition) is 1. The molecule has 0 aliphatic carbocycles. The van der Waals surface area contributed by atoms with E-state index in [4.69, 9.17) is 4.74 Å². The first-order valence-corrected chi connectivity index (χ1v) is 8.47. The SMILES string of the molecule is N#CC(=C(O)C1Cc2ccccc2C(=O)O1)c1nc2ccccc2s1. The number of fused-ring (bicyclic) bond motifs is 2. The molecule has 1 aliphatic heterocycles. The third kappa shape index (κ3) is 2.65. The Morgan fingerprint density at radius 1 is 1.24 bits per heavy atom. The molecule has 4 rings (SSSR count). The lowest BCUT2D eigenvalue weighted by Gasteiger charge is -2.24. The van der Waals surface area contributed by atoms with Crippen molar-refractivity contribution in [3.05, 3.63) is 70.4 Å². The zero-order chi connectivity index (χ0) is 17.4. The van der Waals surface area contributed by atoms with Crippen LogP contribution in [0.15, 0.2) is 54.3 Å². The van der Waals surface area contributed by atoms with Crippen LogP contribution in [0.4, 0.5) is 0 Å². The predicted molar refractivity (Wildman–Crippen MR) is 94.1 cm³/mol. The van der Waals surface area contributed by atoms with Crippen LogP contribution in [-0.4, -0.2) is 22.2 Å². The summed E-state index contributed by atoms with van der Waals surface area (Å²) in [5, 5.41) is 20.5. The number of nitrogens with zero attached hydrogens (tertiary/aromatic N) is 2. The van der Waals surface area contributed by atoms with E-state index in [0.29, 0.717) is 17.0 Å². The summed E-state index contributed by atoms with van der Waals surface area (Å²) < 4.78 is 6.25. The molecule has 1 N–H and O–H groups in total. The maximum atomic E-state index is 12.1. The van der Waals surface area contributed by atoms with Gasteiger partial charge in [-0.2, -0.15) is 5.26 Å². The number of hydrogen-bond acceptors (Lipinski definition) is 6. The van der Waals surface area contributed by atoms with E-state index < -0.39 is 12.1 Å². The predicted octanol–water partition coefficient (Wildman–Crippen LogP) is 3.87. The molecule has 1 aliphatic rings. The minimum absolute atomic E-state index is 0.0402. The van der Waals surface area contributed by atoms with Gasteiger partial charge in [0.25, 0.3) is 0 Å². The van der Waals surface area contributed by atoms with Crippen molar-refractivity contribution in [1.82, 2.24) is 4.98 Å². The summed E-state index contributed by atoms with van der Waals surface area (Å²) in [5.74, 6) is -0.760. The average molecular weight is 348 g/mol. The smallest absolute Gasteiger partial charge is 0.339 e. The highest BCUT2D eigenvalue weighted by Gasteiger charge is 2.31. The number of cyclic esters (lactones) is 1. The van der Waals surface area contributed by atoms with Gasteiger partial charge < -0.3 is 9.84 Å². The Kier molecular flexibility index (Phi) is 3.71. The molecule has 122 valence electrons. The normalized spacial score (nSPS) is 17.4. The second kappa shape index (κ2) is 6.04. The van der Waals surface area contributed by atoms with Crippen molar-refractivity contribution in [1.29, 1.82) is 5.26 Å². The van der Waals surface area contributed by atoms with Gasteiger partial charge in [-0.3, -0.25) is 0 Å². The van der Waals surface area contributed by atoms with Gasteiger partial charge in [-0.1, -0.05) is 30.3 Å². The number of benzene rings is 2. The Hall–Kier alpha value is -3.17. The minimum Gasteiger partial charge on any atom is -0.507 e. The number of aromatic nitrogens is 1. The Balaban J connectivity index is 1.76. The summed E-state index contributed by atoms with van der Waals surface area (Å²) in [6, 6.07) is 16.6. The summed E-state index contributed by atoms with van der Waals surface area (Å²) in [5.41, 5.74) is 2.08. The molecule has 1 atom stereocenters. The zero-order valence-electron chi connectivity index (χ0n) is 13.0. The summed E-state index contributed by atoms with van der Waals surface area (Å²) in [6.45, 7) is 0. The van der Waals surface area contributed by atoms with Gasteiger partial charge in [-0.05, 0) is 23.8 Å². The third-order valence-corrected chi connectivity index (χ3v) is 5.13. The average Bonchev–Trinajstić information content (AvgIpc) is 3.06. The van der Waals surface area contributed by atoms with Crippen molar-refractivity contribution < 1.29 is 14.6 Å². The van der Waals surface area contributed by atoms with Gasteiger partial charge >= 0.3 is 5.97 Å². The van der Waals surface area contributed by atoms with Gasteiger partial charge in [-0.15, -0.1) is 11.3 Å². The third-order valence-electron chi connectivity index (χ3n) is 4.07.